The Morgan fingerprint density at radius 3 is 2.57 bits per heavy atom. The summed E-state index contributed by atoms with van der Waals surface area (Å²) in [4.78, 5) is 29.5. The number of halogens is 2. The quantitative estimate of drug-likeness (QED) is 0.198. The fourth-order valence-corrected chi connectivity index (χ4v) is 4.49. The van der Waals surface area contributed by atoms with Gasteiger partial charge < -0.3 is 24.8 Å². The summed E-state index contributed by atoms with van der Waals surface area (Å²) < 4.78 is 30.1. The van der Waals surface area contributed by atoms with Crippen LogP contribution in [0.3, 0.4) is 0 Å². The normalized spacial score (nSPS) is 14.0. The molecule has 2 heterocycles. The van der Waals surface area contributed by atoms with Crippen LogP contribution < -0.4 is 15.4 Å². The molecule has 4 aromatic rings. The third kappa shape index (κ3) is 7.43. The van der Waals surface area contributed by atoms with E-state index in [-0.39, 0.29) is 25.0 Å². The van der Waals surface area contributed by atoms with E-state index in [1.807, 2.05) is 36.4 Å². The molecule has 0 saturated carbocycles. The summed E-state index contributed by atoms with van der Waals surface area (Å²) in [6.07, 6.45) is 1.20. The maximum atomic E-state index is 14.1. The van der Waals surface area contributed by atoms with Crippen LogP contribution in [0.1, 0.15) is 27.9 Å². The smallest absolute Gasteiger partial charge is 0.337 e. The number of methoxy groups -OCH3 is 1. The molecule has 1 saturated heterocycles. The predicted molar refractivity (Wildman–Crippen MR) is 158 cm³/mol. The van der Waals surface area contributed by atoms with Gasteiger partial charge in [0.1, 0.15) is 12.4 Å². The first-order valence-corrected chi connectivity index (χ1v) is 13.8. The first-order chi connectivity index (χ1) is 20.4. The lowest BCUT2D eigenvalue weighted by Crippen LogP contribution is -2.33. The molecule has 1 amide bonds. The zero-order valence-electron chi connectivity index (χ0n) is 22.9. The topological polar surface area (TPSA) is 98.8 Å². The number of aromatic nitrogens is 1. The van der Waals surface area contributed by atoms with Gasteiger partial charge >= 0.3 is 5.97 Å². The number of amides is 1. The van der Waals surface area contributed by atoms with Crippen LogP contribution in [0.25, 0.3) is 11.3 Å². The monoisotopic (exact) mass is 589 g/mol. The Labute approximate surface area is 247 Å². The molecule has 5 rings (SSSR count). The van der Waals surface area contributed by atoms with Gasteiger partial charge in [0.05, 0.1) is 42.3 Å². The Morgan fingerprint density at radius 2 is 1.86 bits per heavy atom. The Hall–Kier alpha value is -4.47. The number of rotatable bonds is 11. The van der Waals surface area contributed by atoms with Crippen LogP contribution >= 0.6 is 11.6 Å². The molecular weight excluding hydrogens is 561 g/mol. The van der Waals surface area contributed by atoms with Gasteiger partial charge in [-0.1, -0.05) is 48.0 Å². The average Bonchev–Trinajstić information content (AvgIpc) is 2.96. The SMILES string of the molecule is COC(=O)c1ccc(NC(=O)Cc2ccc(-c3cccc(OCc4ccc(Cl)cc4F)n3)cc2)c(NC[C@@H]2CCO2)c1. The van der Waals surface area contributed by atoms with Crippen molar-refractivity contribution in [1.29, 1.82) is 0 Å². The van der Waals surface area contributed by atoms with Gasteiger partial charge in [-0.2, -0.15) is 0 Å². The number of carbonyl (C=O) groups excluding carboxylic acids is 2. The molecule has 8 nitrogen and oxygen atoms in total. The van der Waals surface area contributed by atoms with Gasteiger partial charge in [-0.05, 0) is 48.4 Å². The molecule has 3 aromatic carbocycles. The number of carbonyl (C=O) groups is 2. The molecule has 1 fully saturated rings. The van der Waals surface area contributed by atoms with Gasteiger partial charge in [0.2, 0.25) is 11.8 Å². The van der Waals surface area contributed by atoms with Gasteiger partial charge in [0, 0.05) is 35.4 Å². The van der Waals surface area contributed by atoms with E-state index in [1.165, 1.54) is 13.2 Å². The molecule has 1 aliphatic rings. The van der Waals surface area contributed by atoms with Crippen molar-refractivity contribution in [3.8, 4) is 17.1 Å². The van der Waals surface area contributed by atoms with E-state index in [0.29, 0.717) is 45.6 Å². The van der Waals surface area contributed by atoms with E-state index in [0.717, 1.165) is 24.2 Å². The summed E-state index contributed by atoms with van der Waals surface area (Å²) in [5.74, 6) is -0.749. The number of anilines is 2. The van der Waals surface area contributed by atoms with Crippen molar-refractivity contribution in [2.45, 2.75) is 25.6 Å². The molecule has 216 valence electrons. The van der Waals surface area contributed by atoms with Gasteiger partial charge in [-0.15, -0.1) is 0 Å². The molecular formula is C32H29ClFN3O5. The Balaban J connectivity index is 1.21. The second-order valence-corrected chi connectivity index (χ2v) is 10.2. The number of nitrogens with zero attached hydrogens (tertiary/aromatic N) is 1. The maximum Gasteiger partial charge on any atom is 0.337 e. The number of benzene rings is 3. The summed E-state index contributed by atoms with van der Waals surface area (Å²) >= 11 is 5.81. The Morgan fingerprint density at radius 1 is 1.05 bits per heavy atom. The molecule has 0 spiro atoms. The standard InChI is InChI=1S/C32H29ClFN3O5/c1-40-32(39)22-10-12-28(29(16-22)35-18-25-13-14-41-25)36-30(38)15-20-5-7-21(8-6-20)27-3-2-4-31(37-27)42-19-23-9-11-24(33)17-26(23)34/h2-12,16-17,25,35H,13-15,18-19H2,1H3,(H,36,38)/t25-/m0/s1. The number of nitrogens with one attached hydrogen (secondary N) is 2. The molecule has 10 heteroatoms. The second kappa shape index (κ2) is 13.5. The van der Waals surface area contributed by atoms with Crippen LogP contribution in [-0.4, -0.2) is 43.2 Å². The van der Waals surface area contributed by atoms with Crippen LogP contribution in [0.15, 0.2) is 78.9 Å². The van der Waals surface area contributed by atoms with Crippen LogP contribution in [-0.2, 0) is 27.3 Å². The number of hydrogen-bond donors (Lipinski definition) is 2. The van der Waals surface area contributed by atoms with Crippen molar-refractivity contribution >= 4 is 34.9 Å². The van der Waals surface area contributed by atoms with E-state index in [9.17, 15) is 14.0 Å². The predicted octanol–water partition coefficient (Wildman–Crippen LogP) is 6.29. The molecule has 0 unspecified atom stereocenters. The zero-order chi connectivity index (χ0) is 29.5. The van der Waals surface area contributed by atoms with Gasteiger partial charge in [-0.25, -0.2) is 14.2 Å². The molecule has 42 heavy (non-hydrogen) atoms. The van der Waals surface area contributed by atoms with Crippen LogP contribution in [0.5, 0.6) is 5.88 Å². The van der Waals surface area contributed by atoms with Crippen LogP contribution in [0.2, 0.25) is 5.02 Å². The summed E-state index contributed by atoms with van der Waals surface area (Å²) in [5.41, 5.74) is 4.26. The number of ether oxygens (including phenoxy) is 3. The highest BCUT2D eigenvalue weighted by Crippen LogP contribution is 2.26. The van der Waals surface area contributed by atoms with E-state index in [4.69, 9.17) is 25.8 Å². The highest BCUT2D eigenvalue weighted by atomic mass is 35.5. The third-order valence-corrected chi connectivity index (χ3v) is 6.99. The summed E-state index contributed by atoms with van der Waals surface area (Å²) in [7, 11) is 1.32. The minimum Gasteiger partial charge on any atom is -0.473 e. The fourth-order valence-electron chi connectivity index (χ4n) is 4.33. The molecule has 2 N–H and O–H groups in total. The van der Waals surface area contributed by atoms with Gasteiger partial charge in [0.15, 0.2) is 0 Å². The Kier molecular flexibility index (Phi) is 9.31. The van der Waals surface area contributed by atoms with Crippen molar-refractivity contribution in [1.82, 2.24) is 4.98 Å². The average molecular weight is 590 g/mol. The second-order valence-electron chi connectivity index (χ2n) is 9.72. The lowest BCUT2D eigenvalue weighted by atomic mass is 10.1. The van der Waals surface area contributed by atoms with Crippen molar-refractivity contribution in [3.05, 3.63) is 106 Å². The largest absolute Gasteiger partial charge is 0.473 e. The maximum absolute atomic E-state index is 14.1. The summed E-state index contributed by atoms with van der Waals surface area (Å²) in [6, 6.07) is 22.2. The first-order valence-electron chi connectivity index (χ1n) is 13.4. The number of esters is 1. The number of hydrogen-bond acceptors (Lipinski definition) is 7. The highest BCUT2D eigenvalue weighted by molar-refractivity contribution is 6.30. The summed E-state index contributed by atoms with van der Waals surface area (Å²) in [5, 5.41) is 6.52. The van der Waals surface area contributed by atoms with Crippen LogP contribution in [0, 0.1) is 5.82 Å². The summed E-state index contributed by atoms with van der Waals surface area (Å²) in [6.45, 7) is 1.31. The fraction of sp³-hybridized carbons (Fsp3) is 0.219. The highest BCUT2D eigenvalue weighted by Gasteiger charge is 2.19. The molecule has 1 aliphatic heterocycles. The van der Waals surface area contributed by atoms with Crippen molar-refractivity contribution in [2.24, 2.45) is 0 Å². The van der Waals surface area contributed by atoms with E-state index < -0.39 is 11.8 Å². The van der Waals surface area contributed by atoms with Crippen LogP contribution in [0.4, 0.5) is 15.8 Å². The third-order valence-electron chi connectivity index (χ3n) is 6.76. The van der Waals surface area contributed by atoms with Gasteiger partial charge in [-0.3, -0.25) is 4.79 Å². The Bertz CT molecular complexity index is 1580. The first kappa shape index (κ1) is 29.0. The molecule has 0 radical (unpaired) electrons. The lowest BCUT2D eigenvalue weighted by molar-refractivity contribution is -0.115. The van der Waals surface area contributed by atoms with Crippen molar-refractivity contribution < 1.29 is 28.2 Å². The van der Waals surface area contributed by atoms with Crippen molar-refractivity contribution in [2.75, 3.05) is 30.9 Å². The zero-order valence-corrected chi connectivity index (χ0v) is 23.6. The van der Waals surface area contributed by atoms with E-state index in [1.54, 1.807) is 36.4 Å². The molecule has 0 aliphatic carbocycles. The minimum atomic E-state index is -0.460. The number of pyridine rings is 1. The van der Waals surface area contributed by atoms with E-state index >= 15 is 0 Å². The van der Waals surface area contributed by atoms with E-state index in [2.05, 4.69) is 15.6 Å². The van der Waals surface area contributed by atoms with Gasteiger partial charge in [0.25, 0.3) is 0 Å². The minimum absolute atomic E-state index is 0.0184. The lowest BCUT2D eigenvalue weighted by Gasteiger charge is -2.27. The van der Waals surface area contributed by atoms with Crippen molar-refractivity contribution in [3.63, 3.8) is 0 Å². The molecule has 1 aromatic heterocycles. The molecule has 0 bridgehead atoms. The molecule has 1 atom stereocenters.